The first kappa shape index (κ1) is 15.5. The molecule has 2 N–H and O–H groups in total. The number of unbranched alkanes of at least 4 members (excludes halogenated alkanes) is 2. The van der Waals surface area contributed by atoms with Crippen molar-refractivity contribution in [2.75, 3.05) is 6.61 Å². The van der Waals surface area contributed by atoms with E-state index in [1.54, 1.807) is 19.9 Å². The highest BCUT2D eigenvalue weighted by Gasteiger charge is 2.14. The Morgan fingerprint density at radius 3 is 2.53 bits per heavy atom. The van der Waals surface area contributed by atoms with Crippen molar-refractivity contribution in [1.29, 1.82) is 5.26 Å². The zero-order valence-corrected chi connectivity index (χ0v) is 12.0. The molecule has 0 atom stereocenters. The van der Waals surface area contributed by atoms with E-state index < -0.39 is 10.0 Å². The molecule has 0 fully saturated rings. The van der Waals surface area contributed by atoms with Crippen LogP contribution in [0.15, 0.2) is 17.0 Å². The fourth-order valence-corrected chi connectivity index (χ4v) is 2.56. The monoisotopic (exact) mass is 282 g/mol. The van der Waals surface area contributed by atoms with Gasteiger partial charge in [-0.05, 0) is 49.9 Å². The van der Waals surface area contributed by atoms with Gasteiger partial charge in [-0.3, -0.25) is 0 Å². The second kappa shape index (κ2) is 6.55. The quantitative estimate of drug-likeness (QED) is 0.808. The molecule has 0 aliphatic heterocycles. The molecule has 0 aliphatic carbocycles. The average Bonchev–Trinajstić information content (AvgIpc) is 2.31. The number of nitrogens with zero attached hydrogens (tertiary/aromatic N) is 1. The van der Waals surface area contributed by atoms with Gasteiger partial charge < -0.3 is 4.74 Å². The Bertz CT molecular complexity index is 589. The van der Waals surface area contributed by atoms with Crippen LogP contribution in [0, 0.1) is 25.2 Å². The molecule has 0 aliphatic rings. The van der Waals surface area contributed by atoms with Crippen LogP contribution in [-0.2, 0) is 10.0 Å². The number of ether oxygens (including phenoxy) is 1. The van der Waals surface area contributed by atoms with Crippen molar-refractivity contribution in [2.24, 2.45) is 5.14 Å². The van der Waals surface area contributed by atoms with Crippen LogP contribution in [0.3, 0.4) is 0 Å². The van der Waals surface area contributed by atoms with Crippen LogP contribution in [0.2, 0.25) is 0 Å². The Labute approximate surface area is 114 Å². The number of hydrogen-bond acceptors (Lipinski definition) is 4. The first-order chi connectivity index (χ1) is 8.86. The first-order valence-corrected chi connectivity index (χ1v) is 7.54. The van der Waals surface area contributed by atoms with E-state index in [9.17, 15) is 8.42 Å². The molecule has 0 saturated carbocycles. The van der Waals surface area contributed by atoms with Gasteiger partial charge >= 0.3 is 0 Å². The van der Waals surface area contributed by atoms with E-state index in [-0.39, 0.29) is 4.90 Å². The minimum Gasteiger partial charge on any atom is -0.493 e. The van der Waals surface area contributed by atoms with E-state index >= 15 is 0 Å². The van der Waals surface area contributed by atoms with Gasteiger partial charge in [-0.15, -0.1) is 0 Å². The number of primary sulfonamides is 1. The van der Waals surface area contributed by atoms with E-state index in [4.69, 9.17) is 15.1 Å². The predicted molar refractivity (Wildman–Crippen MR) is 72.2 cm³/mol. The number of hydrogen-bond donors (Lipinski definition) is 1. The van der Waals surface area contributed by atoms with Crippen LogP contribution in [0.1, 0.15) is 30.4 Å². The lowest BCUT2D eigenvalue weighted by Crippen LogP contribution is -2.14. The van der Waals surface area contributed by atoms with Gasteiger partial charge in [0.25, 0.3) is 0 Å². The molecule has 0 saturated heterocycles. The summed E-state index contributed by atoms with van der Waals surface area (Å²) in [5, 5.41) is 13.5. The minimum absolute atomic E-state index is 0.127. The molecule has 19 heavy (non-hydrogen) atoms. The summed E-state index contributed by atoms with van der Waals surface area (Å²) in [6, 6.07) is 5.28. The van der Waals surface area contributed by atoms with Gasteiger partial charge in [0.05, 0.1) is 17.6 Å². The molecule has 0 radical (unpaired) electrons. The molecule has 6 heteroatoms. The summed E-state index contributed by atoms with van der Waals surface area (Å²) in [5.41, 5.74) is 1.30. The maximum atomic E-state index is 11.4. The number of benzene rings is 1. The van der Waals surface area contributed by atoms with Gasteiger partial charge in [0.1, 0.15) is 5.75 Å². The molecule has 0 aromatic heterocycles. The average molecular weight is 282 g/mol. The van der Waals surface area contributed by atoms with E-state index in [0.29, 0.717) is 24.3 Å². The van der Waals surface area contributed by atoms with Gasteiger partial charge in [0.15, 0.2) is 0 Å². The molecule has 104 valence electrons. The van der Waals surface area contributed by atoms with Gasteiger partial charge in [0.2, 0.25) is 10.0 Å². The fourth-order valence-electron chi connectivity index (χ4n) is 1.71. The second-order valence-corrected chi connectivity index (χ2v) is 5.92. The zero-order chi connectivity index (χ0) is 14.5. The maximum Gasteiger partial charge on any atom is 0.238 e. The summed E-state index contributed by atoms with van der Waals surface area (Å²) in [4.78, 5) is 0.127. The van der Waals surface area contributed by atoms with Crippen molar-refractivity contribution >= 4 is 10.0 Å². The van der Waals surface area contributed by atoms with E-state index in [2.05, 4.69) is 6.07 Å². The third-order valence-corrected chi connectivity index (χ3v) is 3.77. The molecule has 0 unspecified atom stereocenters. The van der Waals surface area contributed by atoms with Gasteiger partial charge in [-0.2, -0.15) is 5.26 Å². The molecule has 0 bridgehead atoms. The number of sulfonamides is 1. The van der Waals surface area contributed by atoms with Crippen molar-refractivity contribution in [2.45, 2.75) is 38.0 Å². The summed E-state index contributed by atoms with van der Waals surface area (Å²) in [7, 11) is -3.70. The van der Waals surface area contributed by atoms with Crippen molar-refractivity contribution < 1.29 is 13.2 Å². The molecular weight excluding hydrogens is 264 g/mol. The summed E-state index contributed by atoms with van der Waals surface area (Å²) < 4.78 is 28.3. The van der Waals surface area contributed by atoms with Crippen LogP contribution in [0.4, 0.5) is 0 Å². The van der Waals surface area contributed by atoms with Gasteiger partial charge in [-0.25, -0.2) is 13.6 Å². The number of nitrogens with two attached hydrogens (primary N) is 1. The summed E-state index contributed by atoms with van der Waals surface area (Å²) >= 11 is 0. The van der Waals surface area contributed by atoms with Gasteiger partial charge in [-0.1, -0.05) is 0 Å². The Morgan fingerprint density at radius 2 is 1.95 bits per heavy atom. The Hall–Kier alpha value is -1.58. The summed E-state index contributed by atoms with van der Waals surface area (Å²) in [6.45, 7) is 3.97. The highest BCUT2D eigenvalue weighted by molar-refractivity contribution is 7.89. The van der Waals surface area contributed by atoms with Gasteiger partial charge in [0, 0.05) is 6.42 Å². The maximum absolute atomic E-state index is 11.4. The second-order valence-electron chi connectivity index (χ2n) is 4.39. The Morgan fingerprint density at radius 1 is 1.26 bits per heavy atom. The summed E-state index contributed by atoms with van der Waals surface area (Å²) in [6.07, 6.45) is 2.11. The van der Waals surface area contributed by atoms with Crippen LogP contribution in [0.25, 0.3) is 0 Å². The smallest absolute Gasteiger partial charge is 0.238 e. The molecule has 1 rings (SSSR count). The van der Waals surface area contributed by atoms with E-state index in [0.717, 1.165) is 18.4 Å². The van der Waals surface area contributed by atoms with Crippen LogP contribution >= 0.6 is 0 Å². The van der Waals surface area contributed by atoms with Crippen LogP contribution < -0.4 is 9.88 Å². The fraction of sp³-hybridized carbons (Fsp3) is 0.462. The molecule has 0 amide bonds. The normalized spacial score (nSPS) is 11.1. The minimum atomic E-state index is -3.70. The topological polar surface area (TPSA) is 93.2 Å². The first-order valence-electron chi connectivity index (χ1n) is 6.00. The molecular formula is C13H18N2O3S. The number of nitriles is 1. The number of rotatable bonds is 6. The predicted octanol–water partition coefficient (Wildman–Crippen LogP) is 2.02. The van der Waals surface area contributed by atoms with Crippen molar-refractivity contribution in [3.63, 3.8) is 0 Å². The lowest BCUT2D eigenvalue weighted by atomic mass is 10.1. The molecule has 0 heterocycles. The van der Waals surface area contributed by atoms with Crippen molar-refractivity contribution in [3.8, 4) is 11.8 Å². The van der Waals surface area contributed by atoms with Crippen molar-refractivity contribution in [1.82, 2.24) is 0 Å². The number of aryl methyl sites for hydroxylation is 2. The molecule has 1 aromatic rings. The third kappa shape index (κ3) is 4.54. The molecule has 5 nitrogen and oxygen atoms in total. The highest BCUT2D eigenvalue weighted by Crippen LogP contribution is 2.25. The van der Waals surface area contributed by atoms with Crippen LogP contribution in [-0.4, -0.2) is 15.0 Å². The van der Waals surface area contributed by atoms with E-state index in [1.807, 2.05) is 0 Å². The molecule has 0 spiro atoms. The largest absolute Gasteiger partial charge is 0.493 e. The van der Waals surface area contributed by atoms with Crippen LogP contribution in [0.5, 0.6) is 5.75 Å². The Balaban J connectivity index is 2.77. The third-order valence-electron chi connectivity index (χ3n) is 2.72. The van der Waals surface area contributed by atoms with E-state index in [1.165, 1.54) is 6.07 Å². The molecule has 1 aromatic carbocycles. The van der Waals surface area contributed by atoms with Crippen molar-refractivity contribution in [3.05, 3.63) is 23.3 Å². The highest BCUT2D eigenvalue weighted by atomic mass is 32.2. The SMILES string of the molecule is Cc1cc(S(N)(=O)=O)c(C)cc1OCCCCC#N. The Kier molecular flexibility index (Phi) is 5.33. The summed E-state index contributed by atoms with van der Waals surface area (Å²) in [5.74, 6) is 0.654. The lowest BCUT2D eigenvalue weighted by Gasteiger charge is -2.12. The standard InChI is InChI=1S/C13H18N2O3S/c1-10-9-13(19(15,16)17)11(2)8-12(10)18-7-5-3-4-6-14/h8-9H,3-5,7H2,1-2H3,(H2,15,16,17). The lowest BCUT2D eigenvalue weighted by molar-refractivity contribution is 0.305. The zero-order valence-electron chi connectivity index (χ0n) is 11.1.